The number of amides is 1. The van der Waals surface area contributed by atoms with Crippen molar-refractivity contribution in [3.63, 3.8) is 0 Å². The molecular formula is C25H28ClN3O6S2. The topological polar surface area (TPSA) is 122 Å². The van der Waals surface area contributed by atoms with Crippen LogP contribution in [0.2, 0.25) is 5.02 Å². The zero-order chi connectivity index (χ0) is 27.4. The lowest BCUT2D eigenvalue weighted by Gasteiger charge is -2.26. The fourth-order valence-electron chi connectivity index (χ4n) is 3.53. The van der Waals surface area contributed by atoms with Crippen LogP contribution < -0.4 is 19.1 Å². The van der Waals surface area contributed by atoms with E-state index in [4.69, 9.17) is 16.3 Å². The lowest BCUT2D eigenvalue weighted by atomic mass is 10.2. The molecule has 0 saturated carbocycles. The molecular weight excluding hydrogens is 538 g/mol. The number of carbonyl (C=O) groups is 1. The van der Waals surface area contributed by atoms with Crippen molar-refractivity contribution in [2.24, 2.45) is 0 Å². The maximum atomic E-state index is 13.6. The maximum absolute atomic E-state index is 13.6. The summed E-state index contributed by atoms with van der Waals surface area (Å²) in [6.07, 6.45) is 0. The molecule has 0 heterocycles. The quantitative estimate of drug-likeness (QED) is 0.380. The minimum atomic E-state index is -4.16. The Balaban J connectivity index is 1.99. The van der Waals surface area contributed by atoms with Crippen LogP contribution in [-0.2, 0) is 24.8 Å². The van der Waals surface area contributed by atoms with Gasteiger partial charge in [-0.3, -0.25) is 9.10 Å². The van der Waals surface area contributed by atoms with Crippen LogP contribution >= 0.6 is 11.6 Å². The van der Waals surface area contributed by atoms with Gasteiger partial charge < -0.3 is 10.1 Å². The second kappa shape index (κ2) is 11.5. The highest BCUT2D eigenvalue weighted by Crippen LogP contribution is 2.30. The summed E-state index contributed by atoms with van der Waals surface area (Å²) < 4.78 is 61.2. The van der Waals surface area contributed by atoms with E-state index in [0.29, 0.717) is 16.3 Å². The number of benzene rings is 3. The lowest BCUT2D eigenvalue weighted by molar-refractivity contribution is -0.114. The van der Waals surface area contributed by atoms with Gasteiger partial charge in [0.2, 0.25) is 15.9 Å². The van der Waals surface area contributed by atoms with Crippen LogP contribution in [0.3, 0.4) is 0 Å². The Hall–Kier alpha value is -3.12. The smallest absolute Gasteiger partial charge is 0.264 e. The summed E-state index contributed by atoms with van der Waals surface area (Å²) in [6.45, 7) is 4.52. The van der Waals surface area contributed by atoms with E-state index >= 15 is 0 Å². The van der Waals surface area contributed by atoms with Gasteiger partial charge in [-0.1, -0.05) is 29.8 Å². The number of hydrogen-bond donors (Lipinski definition) is 2. The summed E-state index contributed by atoms with van der Waals surface area (Å²) in [4.78, 5) is 13.1. The zero-order valence-electron chi connectivity index (χ0n) is 20.7. The van der Waals surface area contributed by atoms with Crippen molar-refractivity contribution in [3.05, 3.63) is 77.3 Å². The van der Waals surface area contributed by atoms with E-state index in [0.717, 1.165) is 4.31 Å². The van der Waals surface area contributed by atoms with Crippen molar-refractivity contribution in [3.8, 4) is 5.75 Å². The molecule has 3 rings (SSSR count). The number of rotatable bonds is 10. The number of hydrogen-bond acceptors (Lipinski definition) is 6. The van der Waals surface area contributed by atoms with Crippen LogP contribution in [0.4, 0.5) is 11.4 Å². The number of methoxy groups -OCH3 is 1. The molecule has 0 bridgehead atoms. The van der Waals surface area contributed by atoms with Gasteiger partial charge in [-0.15, -0.1) is 0 Å². The van der Waals surface area contributed by atoms with Gasteiger partial charge in [-0.2, -0.15) is 0 Å². The highest BCUT2D eigenvalue weighted by Gasteiger charge is 2.29. The standard InChI is InChI=1S/C25H28ClN3O6S2/c1-17(2)28-36(31,32)21-13-14-24(35-4)22(15-21)27-25(30)16-29(23-8-6-5-7-18(23)3)37(33,34)20-11-9-19(26)10-12-20/h5-15,17,28H,16H2,1-4H3,(H,27,30). The normalized spacial score (nSPS) is 11.8. The van der Waals surface area contributed by atoms with E-state index in [1.54, 1.807) is 45.0 Å². The maximum Gasteiger partial charge on any atom is 0.264 e. The third kappa shape index (κ3) is 6.80. The first-order valence-corrected chi connectivity index (χ1v) is 14.5. The van der Waals surface area contributed by atoms with Crippen LogP contribution in [0.1, 0.15) is 19.4 Å². The molecule has 3 aromatic carbocycles. The van der Waals surface area contributed by atoms with Crippen molar-refractivity contribution >= 4 is 48.9 Å². The predicted octanol–water partition coefficient (Wildman–Crippen LogP) is 4.18. The van der Waals surface area contributed by atoms with E-state index in [2.05, 4.69) is 10.0 Å². The number of anilines is 2. The molecule has 37 heavy (non-hydrogen) atoms. The van der Waals surface area contributed by atoms with Gasteiger partial charge in [-0.05, 0) is 74.9 Å². The fourth-order valence-corrected chi connectivity index (χ4v) is 6.42. The highest BCUT2D eigenvalue weighted by atomic mass is 35.5. The largest absolute Gasteiger partial charge is 0.495 e. The second-order valence-electron chi connectivity index (χ2n) is 8.44. The molecule has 12 heteroatoms. The predicted molar refractivity (Wildman–Crippen MR) is 144 cm³/mol. The summed E-state index contributed by atoms with van der Waals surface area (Å²) >= 11 is 5.93. The van der Waals surface area contributed by atoms with Crippen molar-refractivity contribution in [1.82, 2.24) is 4.72 Å². The molecule has 9 nitrogen and oxygen atoms in total. The molecule has 3 aromatic rings. The van der Waals surface area contributed by atoms with Crippen LogP contribution in [0.5, 0.6) is 5.75 Å². The number of aryl methyl sites for hydroxylation is 1. The Morgan fingerprint density at radius 1 is 0.973 bits per heavy atom. The molecule has 0 aliphatic heterocycles. The van der Waals surface area contributed by atoms with Crippen molar-refractivity contribution in [2.75, 3.05) is 23.3 Å². The first-order chi connectivity index (χ1) is 17.3. The van der Waals surface area contributed by atoms with E-state index in [-0.39, 0.29) is 27.3 Å². The number of halogens is 1. The SMILES string of the molecule is COc1ccc(S(=O)(=O)NC(C)C)cc1NC(=O)CN(c1ccccc1C)S(=O)(=O)c1ccc(Cl)cc1. The van der Waals surface area contributed by atoms with Gasteiger partial charge >= 0.3 is 0 Å². The number of nitrogens with zero attached hydrogens (tertiary/aromatic N) is 1. The highest BCUT2D eigenvalue weighted by molar-refractivity contribution is 7.93. The van der Waals surface area contributed by atoms with Gasteiger partial charge in [0.05, 0.1) is 28.3 Å². The first-order valence-electron chi connectivity index (χ1n) is 11.2. The molecule has 0 aliphatic rings. The molecule has 198 valence electrons. The Morgan fingerprint density at radius 3 is 2.19 bits per heavy atom. The molecule has 0 aromatic heterocycles. The zero-order valence-corrected chi connectivity index (χ0v) is 23.1. The Bertz CT molecular complexity index is 1490. The van der Waals surface area contributed by atoms with E-state index in [9.17, 15) is 21.6 Å². The summed E-state index contributed by atoms with van der Waals surface area (Å²) in [7, 11) is -6.64. The number of nitrogens with one attached hydrogen (secondary N) is 2. The number of para-hydroxylation sites is 1. The Kier molecular flexibility index (Phi) is 8.85. The molecule has 0 atom stereocenters. The molecule has 0 aliphatic carbocycles. The van der Waals surface area contributed by atoms with Gasteiger partial charge in [0.25, 0.3) is 10.0 Å². The lowest BCUT2D eigenvalue weighted by Crippen LogP contribution is -2.38. The van der Waals surface area contributed by atoms with Gasteiger partial charge in [-0.25, -0.2) is 21.6 Å². The van der Waals surface area contributed by atoms with Gasteiger partial charge in [0.15, 0.2) is 0 Å². The summed E-state index contributed by atoms with van der Waals surface area (Å²) in [5.74, 6) is -0.495. The molecule has 0 radical (unpaired) electrons. The fraction of sp³-hybridized carbons (Fsp3) is 0.240. The number of sulfonamides is 2. The number of carbonyl (C=O) groups excluding carboxylic acids is 1. The van der Waals surface area contributed by atoms with E-state index < -0.39 is 32.5 Å². The first kappa shape index (κ1) is 28.5. The molecule has 0 unspecified atom stereocenters. The molecule has 0 saturated heterocycles. The minimum Gasteiger partial charge on any atom is -0.495 e. The summed E-state index contributed by atoms with van der Waals surface area (Å²) in [5.41, 5.74) is 1.03. The van der Waals surface area contributed by atoms with E-state index in [1.807, 2.05) is 0 Å². The van der Waals surface area contributed by atoms with Crippen molar-refractivity contribution in [2.45, 2.75) is 36.6 Å². The van der Waals surface area contributed by atoms with Crippen LogP contribution in [0, 0.1) is 6.92 Å². The van der Waals surface area contributed by atoms with Crippen LogP contribution in [0.25, 0.3) is 0 Å². The van der Waals surface area contributed by atoms with Gasteiger partial charge in [0, 0.05) is 11.1 Å². The van der Waals surface area contributed by atoms with Crippen LogP contribution in [-0.4, -0.2) is 42.4 Å². The van der Waals surface area contributed by atoms with Crippen molar-refractivity contribution < 1.29 is 26.4 Å². The van der Waals surface area contributed by atoms with Gasteiger partial charge in [0.1, 0.15) is 12.3 Å². The van der Waals surface area contributed by atoms with E-state index in [1.165, 1.54) is 49.6 Å². The molecule has 1 amide bonds. The molecule has 0 spiro atoms. The Morgan fingerprint density at radius 2 is 1.59 bits per heavy atom. The van der Waals surface area contributed by atoms with Crippen molar-refractivity contribution in [1.29, 1.82) is 0 Å². The molecule has 0 fully saturated rings. The third-order valence-electron chi connectivity index (χ3n) is 5.22. The summed E-state index contributed by atoms with van der Waals surface area (Å²) in [5, 5.41) is 2.96. The Labute approximate surface area is 222 Å². The summed E-state index contributed by atoms with van der Waals surface area (Å²) in [6, 6.07) is 16.1. The molecule has 2 N–H and O–H groups in total. The van der Waals surface area contributed by atoms with Crippen LogP contribution in [0.15, 0.2) is 76.5 Å². The second-order valence-corrected chi connectivity index (χ2v) is 12.5. The monoisotopic (exact) mass is 565 g/mol. The average molecular weight is 566 g/mol. The average Bonchev–Trinajstić information content (AvgIpc) is 2.82. The minimum absolute atomic E-state index is 0.0432. The number of ether oxygens (including phenoxy) is 1. The third-order valence-corrected chi connectivity index (χ3v) is 8.90.